The number of carbonyl (C=O) groups is 2. The number of nitrogens with one attached hydrogen (secondary N) is 2. The molecule has 1 heterocycles. The van der Waals surface area contributed by atoms with Gasteiger partial charge in [-0.15, -0.1) is 0 Å². The number of ether oxygens (including phenoxy) is 1. The summed E-state index contributed by atoms with van der Waals surface area (Å²) in [4.78, 5) is 25.6. The van der Waals surface area contributed by atoms with Gasteiger partial charge in [0.25, 0.3) is 11.8 Å². The van der Waals surface area contributed by atoms with E-state index < -0.39 is 17.4 Å². The molecule has 2 aromatic carbocycles. The smallest absolute Gasteiger partial charge is 0.264 e. The summed E-state index contributed by atoms with van der Waals surface area (Å²) >= 11 is 0. The van der Waals surface area contributed by atoms with Crippen molar-refractivity contribution >= 4 is 17.5 Å². The molecule has 2 aliphatic rings. The van der Waals surface area contributed by atoms with Crippen LogP contribution in [0.1, 0.15) is 50.2 Å². The van der Waals surface area contributed by atoms with Crippen LogP contribution in [-0.2, 0) is 20.9 Å². The average molecular weight is 421 g/mol. The molecular formula is C25H28N2O4. The van der Waals surface area contributed by atoms with Crippen molar-refractivity contribution in [2.75, 3.05) is 5.32 Å². The summed E-state index contributed by atoms with van der Waals surface area (Å²) < 4.78 is 6.01. The Morgan fingerprint density at radius 1 is 1.19 bits per heavy atom. The monoisotopic (exact) mass is 420 g/mol. The number of para-hydroxylation sites is 1. The highest BCUT2D eigenvalue weighted by Gasteiger charge is 2.52. The standard InChI is InChI=1S/C25H28N2O4/c1-16(2)19-10-6-7-11-20(19)26-23(29)21-22(28)25(27-24(21)30)13-12-18(14-25)31-15-17-8-4-3-5-9-17/h3-11,16,18,28H,12-15H2,1-2H3,(H,26,29)(H,27,30)/t18-,25+/m1/s1. The number of benzene rings is 2. The van der Waals surface area contributed by atoms with Crippen molar-refractivity contribution in [3.8, 4) is 0 Å². The third kappa shape index (κ3) is 4.21. The van der Waals surface area contributed by atoms with Gasteiger partial charge in [0.2, 0.25) is 0 Å². The molecule has 2 atom stereocenters. The summed E-state index contributed by atoms with van der Waals surface area (Å²) in [6.07, 6.45) is 1.56. The second-order valence-electron chi connectivity index (χ2n) is 8.62. The van der Waals surface area contributed by atoms with E-state index in [9.17, 15) is 14.7 Å². The lowest BCUT2D eigenvalue weighted by atomic mass is 9.95. The zero-order valence-electron chi connectivity index (χ0n) is 17.9. The fraction of sp³-hybridized carbons (Fsp3) is 0.360. The third-order valence-electron chi connectivity index (χ3n) is 6.13. The predicted octanol–water partition coefficient (Wildman–Crippen LogP) is 4.20. The summed E-state index contributed by atoms with van der Waals surface area (Å²) in [5.74, 6) is -1.10. The van der Waals surface area contributed by atoms with E-state index in [0.29, 0.717) is 31.6 Å². The van der Waals surface area contributed by atoms with Crippen molar-refractivity contribution in [1.29, 1.82) is 0 Å². The van der Waals surface area contributed by atoms with Crippen LogP contribution in [0.3, 0.4) is 0 Å². The van der Waals surface area contributed by atoms with Gasteiger partial charge in [-0.25, -0.2) is 0 Å². The summed E-state index contributed by atoms with van der Waals surface area (Å²) in [6.45, 7) is 4.54. The van der Waals surface area contributed by atoms with Crippen molar-refractivity contribution < 1.29 is 19.4 Å². The van der Waals surface area contributed by atoms with E-state index in [2.05, 4.69) is 10.6 Å². The van der Waals surface area contributed by atoms with Crippen LogP contribution in [0.2, 0.25) is 0 Å². The lowest BCUT2D eigenvalue weighted by molar-refractivity contribution is -0.121. The van der Waals surface area contributed by atoms with Gasteiger partial charge in [-0.05, 0) is 36.0 Å². The first-order chi connectivity index (χ1) is 14.9. The molecule has 1 saturated carbocycles. The van der Waals surface area contributed by atoms with Crippen molar-refractivity contribution in [2.24, 2.45) is 0 Å². The second-order valence-corrected chi connectivity index (χ2v) is 8.62. The largest absolute Gasteiger partial charge is 0.509 e. The Labute approximate surface area is 182 Å². The molecule has 162 valence electrons. The van der Waals surface area contributed by atoms with E-state index in [1.165, 1.54) is 0 Å². The Bertz CT molecular complexity index is 1020. The summed E-state index contributed by atoms with van der Waals surface area (Å²) in [5.41, 5.74) is 1.55. The van der Waals surface area contributed by atoms with Crippen LogP contribution in [0.5, 0.6) is 0 Å². The van der Waals surface area contributed by atoms with Crippen LogP contribution in [0.4, 0.5) is 5.69 Å². The summed E-state index contributed by atoms with van der Waals surface area (Å²) in [7, 11) is 0. The molecule has 1 aliphatic carbocycles. The van der Waals surface area contributed by atoms with E-state index in [1.807, 2.05) is 62.4 Å². The molecule has 6 heteroatoms. The molecule has 1 spiro atoms. The number of carbonyl (C=O) groups excluding carboxylic acids is 2. The van der Waals surface area contributed by atoms with Crippen molar-refractivity contribution in [3.05, 3.63) is 77.1 Å². The maximum Gasteiger partial charge on any atom is 0.264 e. The van der Waals surface area contributed by atoms with Crippen LogP contribution in [0.25, 0.3) is 0 Å². The molecule has 0 saturated heterocycles. The SMILES string of the molecule is CC(C)c1ccccc1NC(=O)C1=C(O)[C@@]2(CC[C@@H](OCc3ccccc3)C2)NC1=O. The topological polar surface area (TPSA) is 87.7 Å². The highest BCUT2D eigenvalue weighted by molar-refractivity contribution is 6.25. The zero-order valence-corrected chi connectivity index (χ0v) is 17.9. The van der Waals surface area contributed by atoms with E-state index in [1.54, 1.807) is 6.07 Å². The number of rotatable bonds is 6. The molecule has 1 aliphatic heterocycles. The highest BCUT2D eigenvalue weighted by atomic mass is 16.5. The van der Waals surface area contributed by atoms with Gasteiger partial charge in [0, 0.05) is 12.1 Å². The maximum absolute atomic E-state index is 12.9. The Hall–Kier alpha value is -3.12. The molecule has 4 rings (SSSR count). The third-order valence-corrected chi connectivity index (χ3v) is 6.13. The highest BCUT2D eigenvalue weighted by Crippen LogP contribution is 2.41. The van der Waals surface area contributed by atoms with Crippen LogP contribution < -0.4 is 10.6 Å². The number of anilines is 1. The Morgan fingerprint density at radius 3 is 2.65 bits per heavy atom. The number of aliphatic hydroxyl groups is 1. The molecule has 31 heavy (non-hydrogen) atoms. The zero-order chi connectivity index (χ0) is 22.0. The molecule has 6 nitrogen and oxygen atoms in total. The average Bonchev–Trinajstić information content (AvgIpc) is 3.27. The first kappa shape index (κ1) is 21.1. The quantitative estimate of drug-likeness (QED) is 0.611. The van der Waals surface area contributed by atoms with E-state index in [0.717, 1.165) is 11.1 Å². The lowest BCUT2D eigenvalue weighted by Gasteiger charge is -2.24. The van der Waals surface area contributed by atoms with E-state index in [-0.39, 0.29) is 23.4 Å². The Morgan fingerprint density at radius 2 is 1.90 bits per heavy atom. The van der Waals surface area contributed by atoms with Gasteiger partial charge < -0.3 is 20.5 Å². The van der Waals surface area contributed by atoms with Crippen LogP contribution in [0, 0.1) is 0 Å². The first-order valence-electron chi connectivity index (χ1n) is 10.7. The molecular weight excluding hydrogens is 392 g/mol. The van der Waals surface area contributed by atoms with Gasteiger partial charge in [0.1, 0.15) is 16.9 Å². The lowest BCUT2D eigenvalue weighted by Crippen LogP contribution is -2.43. The summed E-state index contributed by atoms with van der Waals surface area (Å²) in [6, 6.07) is 17.4. The molecule has 0 bridgehead atoms. The van der Waals surface area contributed by atoms with Crippen molar-refractivity contribution in [2.45, 2.75) is 57.3 Å². The van der Waals surface area contributed by atoms with Crippen LogP contribution in [0.15, 0.2) is 65.9 Å². The van der Waals surface area contributed by atoms with Gasteiger partial charge >= 0.3 is 0 Å². The molecule has 0 radical (unpaired) electrons. The van der Waals surface area contributed by atoms with Gasteiger partial charge in [-0.1, -0.05) is 62.4 Å². The molecule has 2 aromatic rings. The number of hydrogen-bond donors (Lipinski definition) is 3. The van der Waals surface area contributed by atoms with Crippen LogP contribution in [-0.4, -0.2) is 28.6 Å². The minimum atomic E-state index is -0.928. The first-order valence-corrected chi connectivity index (χ1v) is 10.7. The number of aliphatic hydroxyl groups excluding tert-OH is 1. The number of amides is 2. The van der Waals surface area contributed by atoms with Gasteiger partial charge in [0.15, 0.2) is 0 Å². The van der Waals surface area contributed by atoms with E-state index in [4.69, 9.17) is 4.74 Å². The van der Waals surface area contributed by atoms with E-state index >= 15 is 0 Å². The molecule has 3 N–H and O–H groups in total. The number of hydrogen-bond acceptors (Lipinski definition) is 4. The maximum atomic E-state index is 12.9. The van der Waals surface area contributed by atoms with Crippen molar-refractivity contribution in [1.82, 2.24) is 5.32 Å². The molecule has 0 aromatic heterocycles. The molecule has 1 fully saturated rings. The molecule has 0 unspecified atom stereocenters. The summed E-state index contributed by atoms with van der Waals surface area (Å²) in [5, 5.41) is 16.6. The van der Waals surface area contributed by atoms with Gasteiger partial charge in [-0.2, -0.15) is 0 Å². The second kappa shape index (κ2) is 8.55. The van der Waals surface area contributed by atoms with Gasteiger partial charge in [0.05, 0.1) is 12.7 Å². The fourth-order valence-corrected chi connectivity index (χ4v) is 4.45. The normalized spacial score (nSPS) is 22.9. The Kier molecular flexibility index (Phi) is 5.83. The fourth-order valence-electron chi connectivity index (χ4n) is 4.45. The minimum Gasteiger partial charge on any atom is -0.509 e. The van der Waals surface area contributed by atoms with Crippen LogP contribution >= 0.6 is 0 Å². The minimum absolute atomic E-state index is 0.105. The Balaban J connectivity index is 1.48. The van der Waals surface area contributed by atoms with Gasteiger partial charge in [-0.3, -0.25) is 9.59 Å². The van der Waals surface area contributed by atoms with Crippen molar-refractivity contribution in [3.63, 3.8) is 0 Å². The molecule has 2 amide bonds. The predicted molar refractivity (Wildman–Crippen MR) is 119 cm³/mol.